The first-order valence-electron chi connectivity index (χ1n) is 7.54. The summed E-state index contributed by atoms with van der Waals surface area (Å²) < 4.78 is 27.8. The lowest BCUT2D eigenvalue weighted by Gasteiger charge is -2.30. The first-order valence-corrected chi connectivity index (χ1v) is 9.02. The smallest absolute Gasteiger partial charge is 0.240 e. The fourth-order valence-corrected chi connectivity index (χ4v) is 3.97. The zero-order chi connectivity index (χ0) is 15.7. The molecule has 118 valence electrons. The fraction of sp³-hybridized carbons (Fsp3) is 0.625. The molecular formula is C16H26N2O2S. The van der Waals surface area contributed by atoms with E-state index in [1.54, 1.807) is 12.1 Å². The molecule has 1 saturated heterocycles. The zero-order valence-corrected chi connectivity index (χ0v) is 14.1. The van der Waals surface area contributed by atoms with E-state index in [9.17, 15) is 8.42 Å². The van der Waals surface area contributed by atoms with Crippen molar-refractivity contribution in [3.05, 3.63) is 29.8 Å². The van der Waals surface area contributed by atoms with Crippen molar-refractivity contribution in [2.45, 2.75) is 50.5 Å². The zero-order valence-electron chi connectivity index (χ0n) is 13.3. The second-order valence-corrected chi connectivity index (χ2v) is 8.69. The van der Waals surface area contributed by atoms with Gasteiger partial charge in [-0.15, -0.1) is 0 Å². The van der Waals surface area contributed by atoms with Gasteiger partial charge in [-0.3, -0.25) is 0 Å². The summed E-state index contributed by atoms with van der Waals surface area (Å²) in [5.74, 6) is 0.308. The van der Waals surface area contributed by atoms with Crippen LogP contribution in [0.2, 0.25) is 0 Å². The highest BCUT2D eigenvalue weighted by atomic mass is 32.2. The molecular weight excluding hydrogens is 284 g/mol. The first-order chi connectivity index (χ1) is 9.70. The van der Waals surface area contributed by atoms with Crippen LogP contribution in [0.4, 0.5) is 0 Å². The third-order valence-corrected chi connectivity index (χ3v) is 5.63. The van der Waals surface area contributed by atoms with E-state index < -0.39 is 10.0 Å². The van der Waals surface area contributed by atoms with Crippen molar-refractivity contribution in [2.75, 3.05) is 13.1 Å². The standard InChI is InChI=1S/C16H26N2O2S/c1-12-11-17-10-9-15(12)18-21(19,20)14-7-5-13(6-8-14)16(2,3)4/h5-8,12,15,17-18H,9-11H2,1-4H3. The Balaban J connectivity index is 2.16. The largest absolute Gasteiger partial charge is 0.316 e. The topological polar surface area (TPSA) is 58.2 Å². The van der Waals surface area contributed by atoms with Gasteiger partial charge in [0, 0.05) is 6.04 Å². The fourth-order valence-electron chi connectivity index (χ4n) is 2.59. The molecule has 0 amide bonds. The van der Waals surface area contributed by atoms with Crippen LogP contribution in [0.1, 0.15) is 39.7 Å². The van der Waals surface area contributed by atoms with Crippen LogP contribution in [0.25, 0.3) is 0 Å². The van der Waals surface area contributed by atoms with Crippen LogP contribution in [0.5, 0.6) is 0 Å². The van der Waals surface area contributed by atoms with Gasteiger partial charge in [0.2, 0.25) is 10.0 Å². The molecule has 1 heterocycles. The molecule has 5 heteroatoms. The van der Waals surface area contributed by atoms with Gasteiger partial charge in [0.15, 0.2) is 0 Å². The quantitative estimate of drug-likeness (QED) is 0.900. The average Bonchev–Trinajstić information content (AvgIpc) is 2.40. The second-order valence-electron chi connectivity index (χ2n) is 6.97. The van der Waals surface area contributed by atoms with Gasteiger partial charge in [0.05, 0.1) is 4.90 Å². The Kier molecular flexibility index (Phi) is 4.76. The Hall–Kier alpha value is -0.910. The first kappa shape index (κ1) is 16.5. The molecule has 2 atom stereocenters. The van der Waals surface area contributed by atoms with Crippen molar-refractivity contribution in [2.24, 2.45) is 5.92 Å². The summed E-state index contributed by atoms with van der Waals surface area (Å²) in [7, 11) is -3.43. The van der Waals surface area contributed by atoms with E-state index in [4.69, 9.17) is 0 Å². The Morgan fingerprint density at radius 2 is 1.81 bits per heavy atom. The lowest BCUT2D eigenvalue weighted by Crippen LogP contribution is -2.48. The van der Waals surface area contributed by atoms with Gasteiger partial charge in [-0.25, -0.2) is 13.1 Å². The van der Waals surface area contributed by atoms with Crippen molar-refractivity contribution in [3.63, 3.8) is 0 Å². The summed E-state index contributed by atoms with van der Waals surface area (Å²) >= 11 is 0. The van der Waals surface area contributed by atoms with Crippen molar-refractivity contribution in [1.29, 1.82) is 0 Å². The summed E-state index contributed by atoms with van der Waals surface area (Å²) in [6.45, 7) is 10.1. The molecule has 2 N–H and O–H groups in total. The van der Waals surface area contributed by atoms with Crippen molar-refractivity contribution < 1.29 is 8.42 Å². The molecule has 1 aliphatic heterocycles. The van der Waals surface area contributed by atoms with Crippen LogP contribution in [0, 0.1) is 5.92 Å². The maximum atomic E-state index is 12.5. The molecule has 0 bridgehead atoms. The molecule has 2 rings (SSSR count). The average molecular weight is 310 g/mol. The molecule has 0 saturated carbocycles. The number of hydrogen-bond acceptors (Lipinski definition) is 3. The predicted octanol–water partition coefficient (Wildman–Crippen LogP) is 2.26. The lowest BCUT2D eigenvalue weighted by molar-refractivity contribution is 0.328. The van der Waals surface area contributed by atoms with E-state index in [1.165, 1.54) is 0 Å². The Morgan fingerprint density at radius 1 is 1.19 bits per heavy atom. The van der Waals surface area contributed by atoms with Gasteiger partial charge in [0.25, 0.3) is 0 Å². The van der Waals surface area contributed by atoms with E-state index in [2.05, 4.69) is 37.7 Å². The number of nitrogens with one attached hydrogen (secondary N) is 2. The summed E-state index contributed by atoms with van der Waals surface area (Å²) in [4.78, 5) is 0.348. The van der Waals surface area contributed by atoms with E-state index in [1.807, 2.05) is 12.1 Å². The van der Waals surface area contributed by atoms with Gasteiger partial charge in [-0.1, -0.05) is 39.8 Å². The van der Waals surface area contributed by atoms with E-state index in [0.717, 1.165) is 25.1 Å². The van der Waals surface area contributed by atoms with Gasteiger partial charge < -0.3 is 5.32 Å². The summed E-state index contributed by atoms with van der Waals surface area (Å²) in [6, 6.07) is 7.22. The minimum Gasteiger partial charge on any atom is -0.316 e. The number of piperidine rings is 1. The van der Waals surface area contributed by atoms with E-state index in [0.29, 0.717) is 10.8 Å². The highest BCUT2D eigenvalue weighted by molar-refractivity contribution is 7.89. The molecule has 0 aliphatic carbocycles. The molecule has 2 unspecified atom stereocenters. The normalized spacial score (nSPS) is 24.0. The maximum Gasteiger partial charge on any atom is 0.240 e. The van der Waals surface area contributed by atoms with Gasteiger partial charge >= 0.3 is 0 Å². The highest BCUT2D eigenvalue weighted by Gasteiger charge is 2.26. The van der Waals surface area contributed by atoms with Crippen molar-refractivity contribution in [1.82, 2.24) is 10.0 Å². The van der Waals surface area contributed by atoms with Gasteiger partial charge in [-0.05, 0) is 48.5 Å². The monoisotopic (exact) mass is 310 g/mol. The maximum absolute atomic E-state index is 12.5. The minimum absolute atomic E-state index is 0.0125. The second kappa shape index (κ2) is 6.07. The third-order valence-electron chi connectivity index (χ3n) is 4.12. The van der Waals surface area contributed by atoms with Crippen LogP contribution in [-0.4, -0.2) is 27.5 Å². The van der Waals surface area contributed by atoms with Crippen LogP contribution in [-0.2, 0) is 15.4 Å². The Labute approximate surface area is 128 Å². The molecule has 1 aromatic rings. The number of benzene rings is 1. The van der Waals surface area contributed by atoms with Crippen LogP contribution >= 0.6 is 0 Å². The molecule has 21 heavy (non-hydrogen) atoms. The minimum atomic E-state index is -3.43. The molecule has 1 fully saturated rings. The molecule has 1 aromatic carbocycles. The van der Waals surface area contributed by atoms with Crippen LogP contribution in [0.15, 0.2) is 29.2 Å². The Morgan fingerprint density at radius 3 is 2.33 bits per heavy atom. The highest BCUT2D eigenvalue weighted by Crippen LogP contribution is 2.24. The van der Waals surface area contributed by atoms with Gasteiger partial charge in [0.1, 0.15) is 0 Å². The summed E-state index contributed by atoms with van der Waals surface area (Å²) in [5.41, 5.74) is 1.16. The van der Waals surface area contributed by atoms with Crippen molar-refractivity contribution in [3.8, 4) is 0 Å². The number of sulfonamides is 1. The number of hydrogen-bond donors (Lipinski definition) is 2. The molecule has 1 aliphatic rings. The molecule has 0 radical (unpaired) electrons. The third kappa shape index (κ3) is 4.05. The van der Waals surface area contributed by atoms with Crippen LogP contribution in [0.3, 0.4) is 0 Å². The summed E-state index contributed by atoms with van der Waals surface area (Å²) in [6.07, 6.45) is 0.834. The Bertz CT molecular complexity index is 573. The summed E-state index contributed by atoms with van der Waals surface area (Å²) in [5, 5.41) is 3.28. The SMILES string of the molecule is CC1CNCCC1NS(=O)(=O)c1ccc(C(C)(C)C)cc1. The van der Waals surface area contributed by atoms with Crippen molar-refractivity contribution >= 4 is 10.0 Å². The van der Waals surface area contributed by atoms with E-state index in [-0.39, 0.29) is 11.5 Å². The predicted molar refractivity (Wildman–Crippen MR) is 85.9 cm³/mol. The lowest BCUT2D eigenvalue weighted by atomic mass is 9.87. The number of rotatable bonds is 3. The van der Waals surface area contributed by atoms with E-state index >= 15 is 0 Å². The van der Waals surface area contributed by atoms with Gasteiger partial charge in [-0.2, -0.15) is 0 Å². The van der Waals surface area contributed by atoms with Crippen LogP contribution < -0.4 is 10.0 Å². The molecule has 0 aromatic heterocycles. The molecule has 4 nitrogen and oxygen atoms in total. The molecule has 0 spiro atoms.